The fourth-order valence-corrected chi connectivity index (χ4v) is 2.85. The molecule has 4 nitrogen and oxygen atoms in total. The average Bonchev–Trinajstić information content (AvgIpc) is 2.46. The highest BCUT2D eigenvalue weighted by atomic mass is 35.5. The Bertz CT molecular complexity index is 389. The van der Waals surface area contributed by atoms with Crippen LogP contribution >= 0.6 is 11.6 Å². The second-order valence-electron chi connectivity index (χ2n) is 5.04. The highest BCUT2D eigenvalue weighted by molar-refractivity contribution is 6.18. The van der Waals surface area contributed by atoms with Gasteiger partial charge < -0.3 is 10.1 Å². The van der Waals surface area contributed by atoms with Crippen LogP contribution < -0.4 is 10.1 Å². The zero-order chi connectivity index (χ0) is 13.5. The van der Waals surface area contributed by atoms with Crippen LogP contribution in [0.25, 0.3) is 0 Å². The molecule has 1 aromatic rings. The summed E-state index contributed by atoms with van der Waals surface area (Å²) in [5, 5.41) is 3.48. The summed E-state index contributed by atoms with van der Waals surface area (Å²) in [6.45, 7) is 2.76. The van der Waals surface area contributed by atoms with Crippen molar-refractivity contribution >= 4 is 17.4 Å². The minimum absolute atomic E-state index is 0.417. The van der Waals surface area contributed by atoms with Gasteiger partial charge in [0.15, 0.2) is 0 Å². The van der Waals surface area contributed by atoms with Gasteiger partial charge in [-0.15, -0.1) is 11.6 Å². The van der Waals surface area contributed by atoms with Crippen LogP contribution in [0.3, 0.4) is 0 Å². The Labute approximate surface area is 119 Å². The number of aromatic nitrogens is 2. The lowest BCUT2D eigenvalue weighted by Crippen LogP contribution is -2.33. The average molecular weight is 284 g/mol. The van der Waals surface area contributed by atoms with Gasteiger partial charge in [0.1, 0.15) is 12.1 Å². The van der Waals surface area contributed by atoms with Gasteiger partial charge in [-0.25, -0.2) is 9.97 Å². The minimum Gasteiger partial charge on any atom is -0.478 e. The zero-order valence-electron chi connectivity index (χ0n) is 11.4. The molecular weight excluding hydrogens is 262 g/mol. The van der Waals surface area contributed by atoms with E-state index in [2.05, 4.69) is 22.2 Å². The van der Waals surface area contributed by atoms with Crippen molar-refractivity contribution in [2.24, 2.45) is 5.92 Å². The summed E-state index contributed by atoms with van der Waals surface area (Å²) in [7, 11) is 0. The van der Waals surface area contributed by atoms with E-state index in [1.165, 1.54) is 19.3 Å². The lowest BCUT2D eigenvalue weighted by atomic mass is 9.86. The molecule has 0 aromatic carbocycles. The van der Waals surface area contributed by atoms with Crippen LogP contribution in [0, 0.1) is 5.92 Å². The van der Waals surface area contributed by atoms with Crippen LogP contribution in [0.1, 0.15) is 39.0 Å². The van der Waals surface area contributed by atoms with E-state index in [-0.39, 0.29) is 0 Å². The van der Waals surface area contributed by atoms with Gasteiger partial charge in [0.25, 0.3) is 0 Å². The molecule has 1 aliphatic carbocycles. The summed E-state index contributed by atoms with van der Waals surface area (Å²) in [5.41, 5.74) is 0. The van der Waals surface area contributed by atoms with Gasteiger partial charge in [0.05, 0.1) is 6.61 Å². The van der Waals surface area contributed by atoms with Gasteiger partial charge in [-0.05, 0) is 25.2 Å². The first-order valence-corrected chi connectivity index (χ1v) is 7.64. The molecular formula is C14H22ClN3O. The third kappa shape index (κ3) is 4.23. The normalized spacial score (nSPS) is 23.1. The maximum Gasteiger partial charge on any atom is 0.218 e. The van der Waals surface area contributed by atoms with Gasteiger partial charge in [0.2, 0.25) is 5.88 Å². The largest absolute Gasteiger partial charge is 0.478 e. The molecule has 1 saturated carbocycles. The van der Waals surface area contributed by atoms with Crippen molar-refractivity contribution in [1.82, 2.24) is 9.97 Å². The monoisotopic (exact) mass is 283 g/mol. The number of hydrogen-bond acceptors (Lipinski definition) is 4. The molecule has 2 unspecified atom stereocenters. The predicted molar refractivity (Wildman–Crippen MR) is 77.9 cm³/mol. The second kappa shape index (κ2) is 7.53. The smallest absolute Gasteiger partial charge is 0.218 e. The quantitative estimate of drug-likeness (QED) is 0.812. The molecule has 1 aliphatic rings. The topological polar surface area (TPSA) is 47.0 Å². The van der Waals surface area contributed by atoms with Crippen molar-refractivity contribution in [2.75, 3.05) is 17.8 Å². The van der Waals surface area contributed by atoms with Crippen molar-refractivity contribution in [1.29, 1.82) is 0 Å². The van der Waals surface area contributed by atoms with Crippen LogP contribution in [0.4, 0.5) is 5.82 Å². The van der Waals surface area contributed by atoms with Crippen molar-refractivity contribution < 1.29 is 4.74 Å². The maximum atomic E-state index is 6.04. The summed E-state index contributed by atoms with van der Waals surface area (Å²) in [6.07, 6.45) is 7.42. The Kier molecular flexibility index (Phi) is 5.70. The zero-order valence-corrected chi connectivity index (χ0v) is 12.2. The number of nitrogens with one attached hydrogen (secondary N) is 1. The molecule has 2 atom stereocenters. The predicted octanol–water partition coefficient (Wildman–Crippen LogP) is 3.47. The standard InChI is InChI=1S/C14H22ClN3O/c1-2-7-19-14-8-13(16-10-17-14)18-12-6-4-3-5-11(12)9-15/h8,10-12H,2-7,9H2,1H3,(H,16,17,18). The molecule has 5 heteroatoms. The van der Waals surface area contributed by atoms with E-state index in [0.29, 0.717) is 30.3 Å². The number of nitrogens with zero attached hydrogens (tertiary/aromatic N) is 2. The molecule has 0 radical (unpaired) electrons. The first-order valence-electron chi connectivity index (χ1n) is 7.10. The molecule has 2 rings (SSSR count). The number of rotatable bonds is 6. The maximum absolute atomic E-state index is 6.04. The minimum atomic E-state index is 0.417. The van der Waals surface area contributed by atoms with E-state index in [1.54, 1.807) is 6.33 Å². The molecule has 106 valence electrons. The summed E-state index contributed by atoms with van der Waals surface area (Å²) >= 11 is 6.04. The molecule has 19 heavy (non-hydrogen) atoms. The number of ether oxygens (including phenoxy) is 1. The fraction of sp³-hybridized carbons (Fsp3) is 0.714. The Balaban J connectivity index is 1.97. The van der Waals surface area contributed by atoms with Gasteiger partial charge >= 0.3 is 0 Å². The van der Waals surface area contributed by atoms with Crippen LogP contribution in [-0.2, 0) is 0 Å². The molecule has 1 heterocycles. The van der Waals surface area contributed by atoms with E-state index < -0.39 is 0 Å². The van der Waals surface area contributed by atoms with Crippen LogP contribution in [0.2, 0.25) is 0 Å². The second-order valence-corrected chi connectivity index (χ2v) is 5.35. The Morgan fingerprint density at radius 1 is 1.37 bits per heavy atom. The molecule has 0 saturated heterocycles. The molecule has 1 N–H and O–H groups in total. The number of alkyl halides is 1. The Morgan fingerprint density at radius 2 is 2.21 bits per heavy atom. The lowest BCUT2D eigenvalue weighted by Gasteiger charge is -2.31. The summed E-state index contributed by atoms with van der Waals surface area (Å²) in [4.78, 5) is 8.37. The van der Waals surface area contributed by atoms with Gasteiger partial charge in [-0.2, -0.15) is 0 Å². The van der Waals surface area contributed by atoms with E-state index in [4.69, 9.17) is 16.3 Å². The van der Waals surface area contributed by atoms with E-state index >= 15 is 0 Å². The SMILES string of the molecule is CCCOc1cc(NC2CCCCC2CCl)ncn1. The van der Waals surface area contributed by atoms with E-state index in [9.17, 15) is 0 Å². The van der Waals surface area contributed by atoms with Crippen molar-refractivity contribution in [3.05, 3.63) is 12.4 Å². The molecule has 0 spiro atoms. The van der Waals surface area contributed by atoms with E-state index in [0.717, 1.165) is 18.7 Å². The fourth-order valence-electron chi connectivity index (χ4n) is 2.48. The summed E-state index contributed by atoms with van der Waals surface area (Å²) in [6, 6.07) is 2.29. The molecule has 0 bridgehead atoms. The van der Waals surface area contributed by atoms with Crippen LogP contribution in [0.15, 0.2) is 12.4 Å². The Morgan fingerprint density at radius 3 is 3.00 bits per heavy atom. The summed E-state index contributed by atoms with van der Waals surface area (Å²) in [5.74, 6) is 2.72. The molecule has 0 aliphatic heterocycles. The number of halogens is 1. The third-order valence-electron chi connectivity index (χ3n) is 3.54. The first kappa shape index (κ1) is 14.4. The van der Waals surface area contributed by atoms with Crippen molar-refractivity contribution in [3.63, 3.8) is 0 Å². The first-order chi connectivity index (χ1) is 9.33. The number of hydrogen-bond donors (Lipinski definition) is 1. The van der Waals surface area contributed by atoms with Gasteiger partial charge in [-0.3, -0.25) is 0 Å². The van der Waals surface area contributed by atoms with Gasteiger partial charge in [-0.1, -0.05) is 19.8 Å². The Hall–Kier alpha value is -1.03. The van der Waals surface area contributed by atoms with E-state index in [1.807, 2.05) is 6.07 Å². The molecule has 0 amide bonds. The van der Waals surface area contributed by atoms with Crippen molar-refractivity contribution in [2.45, 2.75) is 45.1 Å². The molecule has 1 aromatic heterocycles. The highest BCUT2D eigenvalue weighted by Gasteiger charge is 2.24. The number of anilines is 1. The van der Waals surface area contributed by atoms with Crippen LogP contribution in [-0.4, -0.2) is 28.5 Å². The third-order valence-corrected chi connectivity index (χ3v) is 3.93. The highest BCUT2D eigenvalue weighted by Crippen LogP contribution is 2.28. The van der Waals surface area contributed by atoms with Gasteiger partial charge in [0, 0.05) is 18.0 Å². The molecule has 1 fully saturated rings. The van der Waals surface area contributed by atoms with Crippen LogP contribution in [0.5, 0.6) is 5.88 Å². The van der Waals surface area contributed by atoms with Crippen molar-refractivity contribution in [3.8, 4) is 5.88 Å². The lowest BCUT2D eigenvalue weighted by molar-refractivity contribution is 0.304. The summed E-state index contributed by atoms with van der Waals surface area (Å²) < 4.78 is 5.52.